The van der Waals surface area contributed by atoms with E-state index in [2.05, 4.69) is 15.8 Å². The van der Waals surface area contributed by atoms with Crippen molar-refractivity contribution >= 4 is 6.09 Å². The highest BCUT2D eigenvalue weighted by Gasteiger charge is 2.60. The second kappa shape index (κ2) is 9.58. The molecule has 2 heterocycles. The van der Waals surface area contributed by atoms with Crippen LogP contribution in [-0.4, -0.2) is 65.5 Å². The molecule has 1 aromatic carbocycles. The number of nitrogens with zero attached hydrogens (tertiary/aromatic N) is 3. The Labute approximate surface area is 187 Å². The fraction of sp³-hybridized carbons (Fsp3) is 0.455. The SMILES string of the molecule is Cc1cc(-c2ccncc2C)ccc1CN1CCN(C(=O)OC(C(F)(F)F)C(F)(F)F)CC1. The van der Waals surface area contributed by atoms with Gasteiger partial charge in [-0.25, -0.2) is 4.79 Å². The molecule has 0 spiro atoms. The lowest BCUT2D eigenvalue weighted by Gasteiger charge is -2.35. The van der Waals surface area contributed by atoms with Crippen molar-refractivity contribution in [3.63, 3.8) is 0 Å². The third kappa shape index (κ3) is 6.16. The number of halogens is 6. The predicted molar refractivity (Wildman–Crippen MR) is 108 cm³/mol. The van der Waals surface area contributed by atoms with Crippen LogP contribution in [0.5, 0.6) is 0 Å². The van der Waals surface area contributed by atoms with Crippen LogP contribution in [-0.2, 0) is 11.3 Å². The van der Waals surface area contributed by atoms with Gasteiger partial charge in [0.25, 0.3) is 6.10 Å². The van der Waals surface area contributed by atoms with Crippen LogP contribution in [0.15, 0.2) is 36.7 Å². The van der Waals surface area contributed by atoms with Crippen molar-refractivity contribution in [3.8, 4) is 11.1 Å². The second-order valence-corrected chi connectivity index (χ2v) is 7.94. The molecule has 1 aliphatic rings. The van der Waals surface area contributed by atoms with Crippen LogP contribution in [0, 0.1) is 13.8 Å². The molecule has 180 valence electrons. The van der Waals surface area contributed by atoms with Crippen molar-refractivity contribution in [2.45, 2.75) is 38.8 Å². The van der Waals surface area contributed by atoms with Crippen molar-refractivity contribution in [3.05, 3.63) is 53.3 Å². The van der Waals surface area contributed by atoms with Crippen molar-refractivity contribution in [2.75, 3.05) is 26.2 Å². The molecule has 1 amide bonds. The van der Waals surface area contributed by atoms with Crippen molar-refractivity contribution in [1.82, 2.24) is 14.8 Å². The third-order valence-electron chi connectivity index (χ3n) is 5.51. The van der Waals surface area contributed by atoms with E-state index in [1.54, 1.807) is 12.4 Å². The van der Waals surface area contributed by atoms with Gasteiger partial charge in [-0.1, -0.05) is 18.2 Å². The maximum absolute atomic E-state index is 12.6. The number of rotatable bonds is 4. The van der Waals surface area contributed by atoms with Crippen LogP contribution in [0.4, 0.5) is 31.1 Å². The summed E-state index contributed by atoms with van der Waals surface area (Å²) in [6, 6.07) is 7.97. The number of amides is 1. The van der Waals surface area contributed by atoms with E-state index in [1.165, 1.54) is 0 Å². The van der Waals surface area contributed by atoms with Crippen LogP contribution in [0.1, 0.15) is 16.7 Å². The molecule has 11 heteroatoms. The average molecular weight is 475 g/mol. The molecule has 0 N–H and O–H groups in total. The molecule has 0 bridgehead atoms. The number of carbonyl (C=O) groups is 1. The van der Waals surface area contributed by atoms with Gasteiger partial charge in [0.2, 0.25) is 0 Å². The Morgan fingerprint density at radius 3 is 2.18 bits per heavy atom. The summed E-state index contributed by atoms with van der Waals surface area (Å²) in [6.45, 7) is 5.01. The van der Waals surface area contributed by atoms with E-state index in [4.69, 9.17) is 0 Å². The number of benzene rings is 1. The normalized spacial score (nSPS) is 15.7. The Morgan fingerprint density at radius 1 is 1.00 bits per heavy atom. The van der Waals surface area contributed by atoms with Gasteiger partial charge in [-0.3, -0.25) is 9.88 Å². The van der Waals surface area contributed by atoms with Crippen molar-refractivity contribution in [1.29, 1.82) is 0 Å². The van der Waals surface area contributed by atoms with Gasteiger partial charge in [0.05, 0.1) is 0 Å². The lowest BCUT2D eigenvalue weighted by atomic mass is 9.98. The minimum absolute atomic E-state index is 0.0331. The number of piperazine rings is 1. The third-order valence-corrected chi connectivity index (χ3v) is 5.51. The molecule has 0 atom stereocenters. The molecule has 1 fully saturated rings. The fourth-order valence-corrected chi connectivity index (χ4v) is 3.66. The van der Waals surface area contributed by atoms with E-state index in [0.717, 1.165) is 32.7 Å². The van der Waals surface area contributed by atoms with E-state index in [9.17, 15) is 31.1 Å². The minimum Gasteiger partial charge on any atom is -0.426 e. The van der Waals surface area contributed by atoms with E-state index in [1.807, 2.05) is 36.9 Å². The molecule has 1 saturated heterocycles. The highest BCUT2D eigenvalue weighted by Crippen LogP contribution is 2.36. The van der Waals surface area contributed by atoms with E-state index in [-0.39, 0.29) is 13.1 Å². The van der Waals surface area contributed by atoms with Gasteiger partial charge >= 0.3 is 18.4 Å². The predicted octanol–water partition coefficient (Wildman–Crippen LogP) is 5.11. The Balaban J connectivity index is 1.58. The van der Waals surface area contributed by atoms with Gasteiger partial charge in [0.1, 0.15) is 0 Å². The van der Waals surface area contributed by atoms with E-state index < -0.39 is 24.5 Å². The fourth-order valence-electron chi connectivity index (χ4n) is 3.66. The van der Waals surface area contributed by atoms with Crippen LogP contribution in [0.2, 0.25) is 0 Å². The molecular formula is C22H23F6N3O2. The summed E-state index contributed by atoms with van der Waals surface area (Å²) in [4.78, 5) is 18.8. The molecule has 1 aliphatic heterocycles. The summed E-state index contributed by atoms with van der Waals surface area (Å²) < 4.78 is 79.5. The number of aryl methyl sites for hydroxylation is 2. The summed E-state index contributed by atoms with van der Waals surface area (Å²) in [6.07, 6.45) is -13.7. The summed E-state index contributed by atoms with van der Waals surface area (Å²) in [5.74, 6) is 0. The zero-order valence-electron chi connectivity index (χ0n) is 18.0. The maximum Gasteiger partial charge on any atom is 0.434 e. The molecule has 1 aromatic heterocycles. The van der Waals surface area contributed by atoms with E-state index >= 15 is 0 Å². The molecule has 5 nitrogen and oxygen atoms in total. The summed E-state index contributed by atoms with van der Waals surface area (Å²) >= 11 is 0. The number of hydrogen-bond donors (Lipinski definition) is 0. The number of ether oxygens (including phenoxy) is 1. The smallest absolute Gasteiger partial charge is 0.426 e. The van der Waals surface area contributed by atoms with Crippen molar-refractivity contribution < 1.29 is 35.9 Å². The lowest BCUT2D eigenvalue weighted by Crippen LogP contribution is -2.52. The first-order valence-corrected chi connectivity index (χ1v) is 10.2. The molecule has 0 unspecified atom stereocenters. The van der Waals surface area contributed by atoms with Crippen LogP contribution in [0.3, 0.4) is 0 Å². The molecule has 33 heavy (non-hydrogen) atoms. The van der Waals surface area contributed by atoms with Crippen molar-refractivity contribution in [2.24, 2.45) is 0 Å². The molecular weight excluding hydrogens is 452 g/mol. The number of aromatic nitrogens is 1. The first-order valence-electron chi connectivity index (χ1n) is 10.2. The first kappa shape index (κ1) is 24.8. The molecule has 2 aromatic rings. The summed E-state index contributed by atoms with van der Waals surface area (Å²) in [5.41, 5.74) is 5.25. The highest BCUT2D eigenvalue weighted by atomic mass is 19.4. The van der Waals surface area contributed by atoms with E-state index in [0.29, 0.717) is 19.6 Å². The van der Waals surface area contributed by atoms with Gasteiger partial charge in [0, 0.05) is 45.1 Å². The quantitative estimate of drug-likeness (QED) is 0.577. The van der Waals surface area contributed by atoms with Crippen LogP contribution < -0.4 is 0 Å². The van der Waals surface area contributed by atoms with Gasteiger partial charge in [-0.05, 0) is 47.7 Å². The Bertz CT molecular complexity index is 971. The molecule has 0 radical (unpaired) electrons. The van der Waals surface area contributed by atoms with Gasteiger partial charge < -0.3 is 9.64 Å². The zero-order chi connectivity index (χ0) is 24.4. The molecule has 0 aliphatic carbocycles. The Kier molecular flexibility index (Phi) is 7.20. The van der Waals surface area contributed by atoms with Gasteiger partial charge in [0.15, 0.2) is 0 Å². The standard InChI is InChI=1S/C22H23F6N3O2/c1-14-11-16(18-5-6-29-12-15(18)2)3-4-17(14)13-30-7-9-31(10-8-30)20(32)33-19(21(23,24)25)22(26,27)28/h3-6,11-12,19H,7-10,13H2,1-2H3. The number of pyridine rings is 1. The lowest BCUT2D eigenvalue weighted by molar-refractivity contribution is -0.308. The largest absolute Gasteiger partial charge is 0.434 e. The Morgan fingerprint density at radius 2 is 1.64 bits per heavy atom. The molecule has 0 saturated carbocycles. The Hall–Kier alpha value is -2.82. The number of carbonyl (C=O) groups excluding carboxylic acids is 1. The maximum atomic E-state index is 12.6. The average Bonchev–Trinajstić information content (AvgIpc) is 2.72. The topological polar surface area (TPSA) is 45.7 Å². The number of hydrogen-bond acceptors (Lipinski definition) is 4. The van der Waals surface area contributed by atoms with Crippen LogP contribution >= 0.6 is 0 Å². The highest BCUT2D eigenvalue weighted by molar-refractivity contribution is 5.68. The first-order chi connectivity index (χ1) is 15.4. The number of alkyl halides is 6. The monoisotopic (exact) mass is 475 g/mol. The zero-order valence-corrected chi connectivity index (χ0v) is 18.0. The van der Waals surface area contributed by atoms with Crippen LogP contribution in [0.25, 0.3) is 11.1 Å². The van der Waals surface area contributed by atoms with Gasteiger partial charge in [-0.15, -0.1) is 0 Å². The summed E-state index contributed by atoms with van der Waals surface area (Å²) in [7, 11) is 0. The second-order valence-electron chi connectivity index (χ2n) is 7.94. The minimum atomic E-state index is -5.73. The summed E-state index contributed by atoms with van der Waals surface area (Å²) in [5, 5.41) is 0. The van der Waals surface area contributed by atoms with Gasteiger partial charge in [-0.2, -0.15) is 26.3 Å². The molecule has 3 rings (SSSR count).